The van der Waals surface area contributed by atoms with Gasteiger partial charge in [0, 0.05) is 18.7 Å². The molecule has 0 spiro atoms. The van der Waals surface area contributed by atoms with Gasteiger partial charge in [0.25, 0.3) is 0 Å². The number of aliphatic carboxylic acids is 1. The molecule has 17 heavy (non-hydrogen) atoms. The molecule has 0 aromatic carbocycles. The van der Waals surface area contributed by atoms with Crippen molar-refractivity contribution < 1.29 is 14.4 Å². The molecule has 0 fully saturated rings. The van der Waals surface area contributed by atoms with Crippen molar-refractivity contribution in [2.45, 2.75) is 40.2 Å². The van der Waals surface area contributed by atoms with Gasteiger partial charge in [-0.1, -0.05) is 19.0 Å². The molecule has 0 amide bonds. The Morgan fingerprint density at radius 1 is 1.53 bits per heavy atom. The minimum atomic E-state index is -0.739. The van der Waals surface area contributed by atoms with Gasteiger partial charge in [-0.25, -0.2) is 0 Å². The van der Waals surface area contributed by atoms with Gasteiger partial charge in [0.1, 0.15) is 6.26 Å². The molecule has 0 aliphatic carbocycles. The Balaban J connectivity index is 2.54. The fourth-order valence-electron chi connectivity index (χ4n) is 1.80. The van der Waals surface area contributed by atoms with Gasteiger partial charge in [-0.2, -0.15) is 0 Å². The molecule has 0 unspecified atom stereocenters. The topological polar surface area (TPSA) is 75.4 Å². The summed E-state index contributed by atoms with van der Waals surface area (Å²) in [7, 11) is 0. The molecular weight excluding hydrogens is 220 g/mol. The van der Waals surface area contributed by atoms with Crippen LogP contribution in [-0.2, 0) is 11.3 Å². The average Bonchev–Trinajstić information content (AvgIpc) is 2.70. The summed E-state index contributed by atoms with van der Waals surface area (Å²) < 4.78 is 4.82. The Labute approximate surface area is 101 Å². The second-order valence-electron chi connectivity index (χ2n) is 4.32. The van der Waals surface area contributed by atoms with Crippen LogP contribution in [0.15, 0.2) is 10.8 Å². The van der Waals surface area contributed by atoms with E-state index >= 15 is 0 Å². The Kier molecular flexibility index (Phi) is 4.69. The zero-order valence-electron chi connectivity index (χ0n) is 10.6. The Hall–Kier alpha value is -1.36. The number of carboxylic acids is 1. The molecule has 1 heterocycles. The first-order chi connectivity index (χ1) is 8.05. The van der Waals surface area contributed by atoms with Crippen LogP contribution in [0.25, 0.3) is 0 Å². The summed E-state index contributed by atoms with van der Waals surface area (Å²) in [5.74, 6) is -0.739. The van der Waals surface area contributed by atoms with Crippen molar-refractivity contribution >= 4 is 5.97 Å². The number of nitrogens with zero attached hydrogens (tertiary/aromatic N) is 1. The largest absolute Gasteiger partial charge is 0.481 e. The van der Waals surface area contributed by atoms with E-state index in [2.05, 4.69) is 10.5 Å². The normalized spacial score (nSPS) is 11.7. The summed E-state index contributed by atoms with van der Waals surface area (Å²) in [6, 6.07) is 0. The third-order valence-corrected chi connectivity index (χ3v) is 3.44. The zero-order valence-corrected chi connectivity index (χ0v) is 10.6. The number of aromatic nitrogens is 1. The van der Waals surface area contributed by atoms with Crippen LogP contribution < -0.4 is 5.32 Å². The first-order valence-corrected chi connectivity index (χ1v) is 5.89. The third kappa shape index (κ3) is 3.06. The van der Waals surface area contributed by atoms with Crippen LogP contribution in [0.5, 0.6) is 0 Å². The molecule has 0 aliphatic rings. The highest BCUT2D eigenvalue weighted by Gasteiger charge is 2.34. The maximum atomic E-state index is 11.3. The highest BCUT2D eigenvalue weighted by molar-refractivity contribution is 5.74. The molecule has 1 aromatic rings. The number of aryl methyl sites for hydroxylation is 1. The van der Waals surface area contributed by atoms with Gasteiger partial charge in [-0.15, -0.1) is 0 Å². The van der Waals surface area contributed by atoms with Gasteiger partial charge in [0.05, 0.1) is 11.1 Å². The molecular formula is C12H20N2O3. The van der Waals surface area contributed by atoms with Gasteiger partial charge in [0.2, 0.25) is 0 Å². The lowest BCUT2D eigenvalue weighted by atomic mass is 9.82. The van der Waals surface area contributed by atoms with Crippen LogP contribution in [0.3, 0.4) is 0 Å². The standard InChI is InChI=1S/C12H20N2O3/c1-4-12(5-2,11(15)16)8-13-6-10-7-17-14-9(10)3/h7,13H,4-6,8H2,1-3H3,(H,15,16). The summed E-state index contributed by atoms with van der Waals surface area (Å²) in [6.07, 6.45) is 2.82. The lowest BCUT2D eigenvalue weighted by Gasteiger charge is -2.26. The van der Waals surface area contributed by atoms with Crippen molar-refractivity contribution in [3.63, 3.8) is 0 Å². The molecule has 1 rings (SSSR count). The van der Waals surface area contributed by atoms with E-state index in [4.69, 9.17) is 4.52 Å². The van der Waals surface area contributed by atoms with Gasteiger partial charge in [0.15, 0.2) is 0 Å². The lowest BCUT2D eigenvalue weighted by Crippen LogP contribution is -2.40. The van der Waals surface area contributed by atoms with Crippen LogP contribution in [-0.4, -0.2) is 22.8 Å². The number of nitrogens with one attached hydrogen (secondary N) is 1. The smallest absolute Gasteiger partial charge is 0.310 e. The van der Waals surface area contributed by atoms with E-state index in [1.165, 1.54) is 0 Å². The van der Waals surface area contributed by atoms with Crippen LogP contribution in [0, 0.1) is 12.3 Å². The van der Waals surface area contributed by atoms with Crippen molar-refractivity contribution in [2.75, 3.05) is 6.54 Å². The molecule has 5 nitrogen and oxygen atoms in total. The molecule has 1 aromatic heterocycles. The minimum Gasteiger partial charge on any atom is -0.481 e. The molecule has 0 saturated carbocycles. The van der Waals surface area contributed by atoms with E-state index in [9.17, 15) is 9.90 Å². The molecule has 0 atom stereocenters. The van der Waals surface area contributed by atoms with Crippen molar-refractivity contribution in [1.29, 1.82) is 0 Å². The maximum absolute atomic E-state index is 11.3. The molecule has 0 radical (unpaired) electrons. The summed E-state index contributed by atoms with van der Waals surface area (Å²) in [5.41, 5.74) is 1.13. The van der Waals surface area contributed by atoms with Crippen LogP contribution in [0.1, 0.15) is 37.9 Å². The number of rotatable bonds is 7. The third-order valence-electron chi connectivity index (χ3n) is 3.44. The summed E-state index contributed by atoms with van der Waals surface area (Å²) in [4.78, 5) is 11.3. The SMILES string of the molecule is CCC(CC)(CNCc1conc1C)C(=O)O. The first kappa shape index (κ1) is 13.7. The van der Waals surface area contributed by atoms with Gasteiger partial charge in [-0.3, -0.25) is 4.79 Å². The average molecular weight is 240 g/mol. The molecule has 5 heteroatoms. The maximum Gasteiger partial charge on any atom is 0.310 e. The highest BCUT2D eigenvalue weighted by Crippen LogP contribution is 2.25. The molecule has 0 bridgehead atoms. The number of carbonyl (C=O) groups is 1. The van der Waals surface area contributed by atoms with E-state index in [0.29, 0.717) is 25.9 Å². The van der Waals surface area contributed by atoms with Crippen molar-refractivity contribution in [3.8, 4) is 0 Å². The lowest BCUT2D eigenvalue weighted by molar-refractivity contribution is -0.149. The van der Waals surface area contributed by atoms with E-state index in [1.807, 2.05) is 20.8 Å². The van der Waals surface area contributed by atoms with E-state index in [1.54, 1.807) is 6.26 Å². The van der Waals surface area contributed by atoms with E-state index in [-0.39, 0.29) is 0 Å². The summed E-state index contributed by atoms with van der Waals surface area (Å²) in [6.45, 7) is 6.73. The second kappa shape index (κ2) is 5.82. The van der Waals surface area contributed by atoms with Crippen molar-refractivity contribution in [1.82, 2.24) is 10.5 Å². The number of hydrogen-bond acceptors (Lipinski definition) is 4. The number of hydrogen-bond donors (Lipinski definition) is 2. The predicted molar refractivity (Wildman–Crippen MR) is 63.6 cm³/mol. The van der Waals surface area contributed by atoms with Crippen LogP contribution >= 0.6 is 0 Å². The fraction of sp³-hybridized carbons (Fsp3) is 0.667. The van der Waals surface area contributed by atoms with Crippen molar-refractivity contribution in [2.24, 2.45) is 5.41 Å². The quantitative estimate of drug-likeness (QED) is 0.762. The van der Waals surface area contributed by atoms with E-state index < -0.39 is 11.4 Å². The molecule has 0 aliphatic heterocycles. The summed E-state index contributed by atoms with van der Waals surface area (Å²) >= 11 is 0. The zero-order chi connectivity index (χ0) is 12.9. The second-order valence-corrected chi connectivity index (χ2v) is 4.32. The molecule has 96 valence electrons. The molecule has 0 saturated heterocycles. The highest BCUT2D eigenvalue weighted by atomic mass is 16.5. The minimum absolute atomic E-state index is 0.458. The number of carboxylic acid groups (broad SMARTS) is 1. The van der Waals surface area contributed by atoms with Gasteiger partial charge < -0.3 is 14.9 Å². The Bertz CT molecular complexity index is 370. The Morgan fingerprint density at radius 2 is 2.18 bits per heavy atom. The van der Waals surface area contributed by atoms with E-state index in [0.717, 1.165) is 11.3 Å². The Morgan fingerprint density at radius 3 is 2.59 bits per heavy atom. The predicted octanol–water partition coefficient (Wildman–Crippen LogP) is 1.96. The first-order valence-electron chi connectivity index (χ1n) is 5.89. The summed E-state index contributed by atoms with van der Waals surface area (Å²) in [5, 5.41) is 16.2. The molecule has 2 N–H and O–H groups in total. The van der Waals surface area contributed by atoms with Gasteiger partial charge in [-0.05, 0) is 19.8 Å². The van der Waals surface area contributed by atoms with Crippen LogP contribution in [0.2, 0.25) is 0 Å². The van der Waals surface area contributed by atoms with Crippen molar-refractivity contribution in [3.05, 3.63) is 17.5 Å². The van der Waals surface area contributed by atoms with Crippen LogP contribution in [0.4, 0.5) is 0 Å². The fourth-order valence-corrected chi connectivity index (χ4v) is 1.80. The van der Waals surface area contributed by atoms with Gasteiger partial charge >= 0.3 is 5.97 Å². The monoisotopic (exact) mass is 240 g/mol.